The van der Waals surface area contributed by atoms with Crippen LogP contribution in [0.25, 0.3) is 0 Å². The third-order valence-corrected chi connectivity index (χ3v) is 4.65. The molecule has 0 aliphatic rings. The van der Waals surface area contributed by atoms with Gasteiger partial charge < -0.3 is 15.0 Å². The molecule has 0 aliphatic carbocycles. The van der Waals surface area contributed by atoms with Crippen molar-refractivity contribution in [1.29, 1.82) is 0 Å². The van der Waals surface area contributed by atoms with Gasteiger partial charge in [0.1, 0.15) is 5.75 Å². The molecule has 0 aliphatic heterocycles. The van der Waals surface area contributed by atoms with Gasteiger partial charge >= 0.3 is 6.18 Å². The fraction of sp³-hybridized carbons (Fsp3) is 0.273. The van der Waals surface area contributed by atoms with Gasteiger partial charge in [-0.2, -0.15) is 18.3 Å². The van der Waals surface area contributed by atoms with Crippen molar-refractivity contribution >= 4 is 17.3 Å². The van der Waals surface area contributed by atoms with Gasteiger partial charge in [-0.15, -0.1) is 0 Å². The molecule has 3 aromatic rings. The van der Waals surface area contributed by atoms with Crippen LogP contribution in [0.5, 0.6) is 5.75 Å². The van der Waals surface area contributed by atoms with Crippen LogP contribution in [0.1, 0.15) is 29.9 Å². The Balaban J connectivity index is 1.58. The Morgan fingerprint density at radius 3 is 2.45 bits per heavy atom. The summed E-state index contributed by atoms with van der Waals surface area (Å²) in [4.78, 5) is 14.6. The van der Waals surface area contributed by atoms with Crippen LogP contribution >= 0.6 is 0 Å². The second-order valence-electron chi connectivity index (χ2n) is 6.71. The first-order chi connectivity index (χ1) is 14.8. The lowest BCUT2D eigenvalue weighted by Crippen LogP contribution is -2.21. The number of hydrogen-bond acceptors (Lipinski definition) is 4. The summed E-state index contributed by atoms with van der Waals surface area (Å²) in [6.07, 6.45) is -2.92. The molecular formula is C22H23F3N4O2. The minimum atomic E-state index is -4.44. The predicted molar refractivity (Wildman–Crippen MR) is 112 cm³/mol. The van der Waals surface area contributed by atoms with Gasteiger partial charge in [-0.05, 0) is 62.4 Å². The normalized spacial score (nSPS) is 11.3. The maximum absolute atomic E-state index is 12.8. The molecule has 0 atom stereocenters. The van der Waals surface area contributed by atoms with E-state index in [1.165, 1.54) is 29.1 Å². The van der Waals surface area contributed by atoms with Gasteiger partial charge in [0.05, 0.1) is 5.56 Å². The van der Waals surface area contributed by atoms with E-state index < -0.39 is 17.6 Å². The van der Waals surface area contributed by atoms with Crippen molar-refractivity contribution in [1.82, 2.24) is 9.78 Å². The van der Waals surface area contributed by atoms with Crippen molar-refractivity contribution < 1.29 is 22.7 Å². The van der Waals surface area contributed by atoms with E-state index in [9.17, 15) is 18.0 Å². The Morgan fingerprint density at radius 2 is 1.81 bits per heavy atom. The van der Waals surface area contributed by atoms with E-state index in [1.807, 2.05) is 24.3 Å². The summed E-state index contributed by atoms with van der Waals surface area (Å²) in [5.74, 6) is -0.335. The van der Waals surface area contributed by atoms with E-state index in [4.69, 9.17) is 4.74 Å². The maximum Gasteiger partial charge on any atom is 0.416 e. The molecule has 1 amide bonds. The number of carbonyl (C=O) groups is 1. The van der Waals surface area contributed by atoms with Crippen LogP contribution in [0, 0.1) is 0 Å². The third kappa shape index (κ3) is 5.78. The third-order valence-electron chi connectivity index (χ3n) is 4.65. The molecule has 0 spiro atoms. The highest BCUT2D eigenvalue weighted by atomic mass is 19.4. The van der Waals surface area contributed by atoms with Gasteiger partial charge in [0.2, 0.25) is 0 Å². The standard InChI is InChI=1S/C22H23F3N4O2/c1-3-28(4-2)18-10-8-17(9-11-18)26-21(30)20-12-13-29(27-20)15-31-19-7-5-6-16(14-19)22(23,24)25/h5-14H,3-4,15H2,1-2H3,(H,26,30). The van der Waals surface area contributed by atoms with Crippen LogP contribution in [0.15, 0.2) is 60.8 Å². The molecule has 1 N–H and O–H groups in total. The number of alkyl halides is 3. The lowest BCUT2D eigenvalue weighted by Gasteiger charge is -2.21. The van der Waals surface area contributed by atoms with E-state index in [1.54, 1.807) is 0 Å². The van der Waals surface area contributed by atoms with Gasteiger partial charge in [-0.3, -0.25) is 4.79 Å². The minimum Gasteiger partial charge on any atom is -0.471 e. The van der Waals surface area contributed by atoms with E-state index in [0.29, 0.717) is 5.69 Å². The zero-order valence-corrected chi connectivity index (χ0v) is 17.2. The monoisotopic (exact) mass is 432 g/mol. The highest BCUT2D eigenvalue weighted by molar-refractivity contribution is 6.02. The smallest absolute Gasteiger partial charge is 0.416 e. The number of ether oxygens (including phenoxy) is 1. The van der Waals surface area contributed by atoms with E-state index in [0.717, 1.165) is 30.9 Å². The topological polar surface area (TPSA) is 59.4 Å². The first-order valence-corrected chi connectivity index (χ1v) is 9.80. The van der Waals surface area contributed by atoms with Crippen molar-refractivity contribution in [2.24, 2.45) is 0 Å². The summed E-state index contributed by atoms with van der Waals surface area (Å²) >= 11 is 0. The van der Waals surface area contributed by atoms with Crippen LogP contribution in [0.4, 0.5) is 24.5 Å². The molecule has 0 saturated heterocycles. The highest BCUT2D eigenvalue weighted by Crippen LogP contribution is 2.31. The first-order valence-electron chi connectivity index (χ1n) is 9.80. The SMILES string of the molecule is CCN(CC)c1ccc(NC(=O)c2ccn(COc3cccc(C(F)(F)F)c3)n2)cc1. The molecule has 0 unspecified atom stereocenters. The molecule has 164 valence electrons. The molecule has 0 saturated carbocycles. The summed E-state index contributed by atoms with van der Waals surface area (Å²) in [6, 6.07) is 13.6. The summed E-state index contributed by atoms with van der Waals surface area (Å²) in [5, 5.41) is 6.89. The number of amides is 1. The van der Waals surface area contributed by atoms with Crippen molar-refractivity contribution in [2.75, 3.05) is 23.3 Å². The van der Waals surface area contributed by atoms with Crippen LogP contribution in [-0.2, 0) is 12.9 Å². The van der Waals surface area contributed by atoms with Crippen LogP contribution in [-0.4, -0.2) is 28.8 Å². The summed E-state index contributed by atoms with van der Waals surface area (Å²) in [7, 11) is 0. The number of aromatic nitrogens is 2. The second-order valence-corrected chi connectivity index (χ2v) is 6.71. The molecule has 0 bridgehead atoms. The zero-order chi connectivity index (χ0) is 22.4. The lowest BCUT2D eigenvalue weighted by molar-refractivity contribution is -0.137. The number of anilines is 2. The average molecular weight is 432 g/mol. The van der Waals surface area contributed by atoms with Gasteiger partial charge in [-0.25, -0.2) is 4.68 Å². The van der Waals surface area contributed by atoms with E-state index >= 15 is 0 Å². The molecule has 0 fully saturated rings. The van der Waals surface area contributed by atoms with E-state index in [2.05, 4.69) is 29.2 Å². The molecular weight excluding hydrogens is 409 g/mol. The van der Waals surface area contributed by atoms with Crippen LogP contribution in [0.2, 0.25) is 0 Å². The number of nitrogens with one attached hydrogen (secondary N) is 1. The number of hydrogen-bond donors (Lipinski definition) is 1. The van der Waals surface area contributed by atoms with Gasteiger partial charge in [0, 0.05) is 30.7 Å². The Morgan fingerprint density at radius 1 is 1.10 bits per heavy atom. The van der Waals surface area contributed by atoms with Crippen molar-refractivity contribution in [2.45, 2.75) is 26.8 Å². The number of rotatable bonds is 8. The average Bonchev–Trinajstić information content (AvgIpc) is 3.23. The fourth-order valence-electron chi connectivity index (χ4n) is 3.00. The van der Waals surface area contributed by atoms with Crippen molar-refractivity contribution in [3.8, 4) is 5.75 Å². The quantitative estimate of drug-likeness (QED) is 0.542. The van der Waals surface area contributed by atoms with Crippen LogP contribution in [0.3, 0.4) is 0 Å². The Kier molecular flexibility index (Phi) is 6.84. The summed E-state index contributed by atoms with van der Waals surface area (Å²) in [6.45, 7) is 5.80. The Bertz CT molecular complexity index is 1010. The van der Waals surface area contributed by atoms with Gasteiger partial charge in [0.25, 0.3) is 5.91 Å². The maximum atomic E-state index is 12.8. The molecule has 9 heteroatoms. The highest BCUT2D eigenvalue weighted by Gasteiger charge is 2.30. The molecule has 1 heterocycles. The molecule has 6 nitrogen and oxygen atoms in total. The fourth-order valence-corrected chi connectivity index (χ4v) is 3.00. The largest absolute Gasteiger partial charge is 0.471 e. The Labute approximate surface area is 178 Å². The molecule has 0 radical (unpaired) electrons. The van der Waals surface area contributed by atoms with Gasteiger partial charge in [-0.1, -0.05) is 6.07 Å². The number of halogens is 3. The second kappa shape index (κ2) is 9.55. The summed E-state index contributed by atoms with van der Waals surface area (Å²) in [5.41, 5.74) is 1.08. The number of benzene rings is 2. The molecule has 31 heavy (non-hydrogen) atoms. The summed E-state index contributed by atoms with van der Waals surface area (Å²) < 4.78 is 45.0. The first kappa shape index (κ1) is 22.2. The zero-order valence-electron chi connectivity index (χ0n) is 17.2. The Hall–Kier alpha value is -3.49. The minimum absolute atomic E-state index is 0.0598. The van der Waals surface area contributed by atoms with Crippen LogP contribution < -0.4 is 15.0 Å². The molecule has 3 rings (SSSR count). The number of carbonyl (C=O) groups excluding carboxylic acids is 1. The molecule has 2 aromatic carbocycles. The lowest BCUT2D eigenvalue weighted by atomic mass is 10.2. The number of nitrogens with zero attached hydrogens (tertiary/aromatic N) is 3. The molecule has 1 aromatic heterocycles. The van der Waals surface area contributed by atoms with Crippen molar-refractivity contribution in [3.63, 3.8) is 0 Å². The van der Waals surface area contributed by atoms with E-state index in [-0.39, 0.29) is 18.2 Å². The van der Waals surface area contributed by atoms with Crippen molar-refractivity contribution in [3.05, 3.63) is 72.1 Å². The predicted octanol–water partition coefficient (Wildman–Crippen LogP) is 5.04. The van der Waals surface area contributed by atoms with Gasteiger partial charge in [0.15, 0.2) is 12.4 Å².